The van der Waals surface area contributed by atoms with Crippen molar-refractivity contribution in [2.24, 2.45) is 5.10 Å². The topological polar surface area (TPSA) is 73.1 Å². The minimum atomic E-state index is -0.732. The third kappa shape index (κ3) is 2.95. The molecule has 3 rings (SSSR count). The van der Waals surface area contributed by atoms with E-state index in [9.17, 15) is 4.79 Å². The Kier molecular flexibility index (Phi) is 3.82. The number of hydrazone groups is 1. The monoisotopic (exact) mass is 300 g/mol. The number of ether oxygens (including phenoxy) is 2. The fourth-order valence-corrected chi connectivity index (χ4v) is 2.04. The Labute approximate surface area is 127 Å². The highest BCUT2D eigenvalue weighted by molar-refractivity contribution is 5.97. The molecule has 0 radical (unpaired) electrons. The second-order valence-electron chi connectivity index (χ2n) is 4.95. The van der Waals surface area contributed by atoms with Gasteiger partial charge in [-0.25, -0.2) is 5.43 Å². The van der Waals surface area contributed by atoms with E-state index in [-0.39, 0.29) is 12.5 Å². The molecule has 1 aromatic heterocycles. The number of hydrogen-bond acceptors (Lipinski definition) is 5. The summed E-state index contributed by atoms with van der Waals surface area (Å²) in [6.45, 7) is 3.75. The average molecular weight is 300 g/mol. The van der Waals surface area contributed by atoms with Gasteiger partial charge in [-0.15, -0.1) is 0 Å². The lowest BCUT2D eigenvalue weighted by atomic mass is 10.2. The molecular formula is C16H16N2O4. The number of hydrogen-bond donors (Lipinski definition) is 1. The Balaban J connectivity index is 1.63. The molecule has 0 bridgehead atoms. The molecule has 1 aromatic carbocycles. The second kappa shape index (κ2) is 5.93. The maximum atomic E-state index is 12.1. The fourth-order valence-electron chi connectivity index (χ4n) is 2.04. The number of carbonyl (C=O) groups is 1. The minimum absolute atomic E-state index is 0.150. The Morgan fingerprint density at radius 1 is 1.23 bits per heavy atom. The van der Waals surface area contributed by atoms with Crippen molar-refractivity contribution in [1.29, 1.82) is 0 Å². The van der Waals surface area contributed by atoms with E-state index in [4.69, 9.17) is 13.9 Å². The SMILES string of the molecule is C/C(=N/NC(=O)[C@H]1COc2ccccc2O1)c1ccc(C)o1. The van der Waals surface area contributed by atoms with E-state index in [0.29, 0.717) is 23.0 Å². The number of aryl methyl sites for hydroxylation is 1. The molecule has 1 atom stereocenters. The van der Waals surface area contributed by atoms with E-state index in [2.05, 4.69) is 10.5 Å². The molecule has 0 unspecified atom stereocenters. The molecule has 6 heteroatoms. The molecular weight excluding hydrogens is 284 g/mol. The number of benzene rings is 1. The summed E-state index contributed by atoms with van der Waals surface area (Å²) < 4.78 is 16.5. The van der Waals surface area contributed by atoms with Crippen LogP contribution in [-0.4, -0.2) is 24.3 Å². The van der Waals surface area contributed by atoms with Crippen molar-refractivity contribution in [1.82, 2.24) is 5.43 Å². The van der Waals surface area contributed by atoms with Crippen molar-refractivity contribution in [2.45, 2.75) is 20.0 Å². The van der Waals surface area contributed by atoms with Gasteiger partial charge in [0.05, 0.1) is 0 Å². The van der Waals surface area contributed by atoms with Gasteiger partial charge in [-0.2, -0.15) is 5.10 Å². The largest absolute Gasteiger partial charge is 0.485 e. The van der Waals surface area contributed by atoms with Gasteiger partial charge in [0, 0.05) is 0 Å². The van der Waals surface area contributed by atoms with Crippen LogP contribution in [0.15, 0.2) is 45.9 Å². The van der Waals surface area contributed by atoms with Crippen molar-refractivity contribution in [3.63, 3.8) is 0 Å². The first-order valence-corrected chi connectivity index (χ1v) is 6.93. The van der Waals surface area contributed by atoms with Crippen molar-refractivity contribution < 1.29 is 18.7 Å². The van der Waals surface area contributed by atoms with E-state index in [0.717, 1.165) is 5.76 Å². The lowest BCUT2D eigenvalue weighted by Gasteiger charge is -2.24. The van der Waals surface area contributed by atoms with E-state index >= 15 is 0 Å². The Morgan fingerprint density at radius 2 is 2.00 bits per heavy atom. The fraction of sp³-hybridized carbons (Fsp3) is 0.250. The van der Waals surface area contributed by atoms with Crippen LogP contribution < -0.4 is 14.9 Å². The maximum absolute atomic E-state index is 12.1. The predicted molar refractivity (Wildman–Crippen MR) is 80.2 cm³/mol. The summed E-state index contributed by atoms with van der Waals surface area (Å²) in [5.74, 6) is 2.23. The van der Waals surface area contributed by atoms with Gasteiger partial charge in [-0.1, -0.05) is 12.1 Å². The smallest absolute Gasteiger partial charge is 0.284 e. The van der Waals surface area contributed by atoms with Crippen molar-refractivity contribution >= 4 is 11.6 Å². The number of rotatable bonds is 3. The number of para-hydroxylation sites is 2. The standard InChI is InChI=1S/C16H16N2O4/c1-10-7-8-12(21-10)11(2)17-18-16(19)15-9-20-13-5-3-4-6-14(13)22-15/h3-8,15H,9H2,1-2H3,(H,18,19)/b17-11-/t15-/m1/s1. The zero-order chi connectivity index (χ0) is 15.5. The van der Waals surface area contributed by atoms with Crippen molar-refractivity contribution in [2.75, 3.05) is 6.61 Å². The highest BCUT2D eigenvalue weighted by Gasteiger charge is 2.27. The lowest BCUT2D eigenvalue weighted by molar-refractivity contribution is -0.130. The molecule has 2 heterocycles. The van der Waals surface area contributed by atoms with Crippen LogP contribution in [0.1, 0.15) is 18.4 Å². The molecule has 2 aromatic rings. The third-order valence-electron chi connectivity index (χ3n) is 3.23. The summed E-state index contributed by atoms with van der Waals surface area (Å²) >= 11 is 0. The van der Waals surface area contributed by atoms with Gasteiger partial charge in [0.25, 0.3) is 5.91 Å². The van der Waals surface area contributed by atoms with Crippen LogP contribution in [0, 0.1) is 6.92 Å². The van der Waals surface area contributed by atoms with Gasteiger partial charge in [-0.3, -0.25) is 4.79 Å². The molecule has 22 heavy (non-hydrogen) atoms. The molecule has 0 saturated heterocycles. The third-order valence-corrected chi connectivity index (χ3v) is 3.23. The van der Waals surface area contributed by atoms with Crippen molar-refractivity contribution in [3.05, 3.63) is 47.9 Å². The average Bonchev–Trinajstić information content (AvgIpc) is 2.98. The Morgan fingerprint density at radius 3 is 2.73 bits per heavy atom. The lowest BCUT2D eigenvalue weighted by Crippen LogP contribution is -2.42. The van der Waals surface area contributed by atoms with Crippen LogP contribution in [0.4, 0.5) is 0 Å². The molecule has 1 N–H and O–H groups in total. The first kappa shape index (κ1) is 14.2. The molecule has 0 spiro atoms. The number of fused-ring (bicyclic) bond motifs is 1. The van der Waals surface area contributed by atoms with Crippen molar-refractivity contribution in [3.8, 4) is 11.5 Å². The maximum Gasteiger partial charge on any atom is 0.284 e. The van der Waals surface area contributed by atoms with Gasteiger partial charge < -0.3 is 13.9 Å². The molecule has 6 nitrogen and oxygen atoms in total. The highest BCUT2D eigenvalue weighted by Crippen LogP contribution is 2.30. The van der Waals surface area contributed by atoms with Crippen LogP contribution in [0.5, 0.6) is 11.5 Å². The minimum Gasteiger partial charge on any atom is -0.485 e. The van der Waals surface area contributed by atoms with Gasteiger partial charge in [0.1, 0.15) is 23.8 Å². The number of amides is 1. The second-order valence-corrected chi connectivity index (χ2v) is 4.95. The summed E-state index contributed by atoms with van der Waals surface area (Å²) in [4.78, 5) is 12.1. The quantitative estimate of drug-likeness (QED) is 0.697. The highest BCUT2D eigenvalue weighted by atomic mass is 16.6. The molecule has 1 aliphatic rings. The molecule has 1 amide bonds. The molecule has 0 saturated carbocycles. The molecule has 0 aliphatic carbocycles. The van der Waals surface area contributed by atoms with Gasteiger partial charge >= 0.3 is 0 Å². The van der Waals surface area contributed by atoms with Crippen LogP contribution in [-0.2, 0) is 4.79 Å². The first-order valence-electron chi connectivity index (χ1n) is 6.93. The molecule has 1 aliphatic heterocycles. The van der Waals surface area contributed by atoms with Crippen LogP contribution in [0.25, 0.3) is 0 Å². The van der Waals surface area contributed by atoms with Crippen LogP contribution >= 0.6 is 0 Å². The van der Waals surface area contributed by atoms with E-state index in [1.165, 1.54) is 0 Å². The summed E-state index contributed by atoms with van der Waals surface area (Å²) in [6, 6.07) is 10.9. The normalized spacial score (nSPS) is 17.2. The first-order chi connectivity index (χ1) is 10.6. The van der Waals surface area contributed by atoms with E-state index < -0.39 is 6.10 Å². The molecule has 0 fully saturated rings. The zero-order valence-electron chi connectivity index (χ0n) is 12.3. The Bertz CT molecular complexity index is 720. The summed E-state index contributed by atoms with van der Waals surface area (Å²) in [5.41, 5.74) is 3.06. The van der Waals surface area contributed by atoms with E-state index in [1.807, 2.05) is 25.1 Å². The number of furan rings is 1. The van der Waals surface area contributed by atoms with Crippen LogP contribution in [0.2, 0.25) is 0 Å². The Hall–Kier alpha value is -2.76. The predicted octanol–water partition coefficient (Wildman–Crippen LogP) is 2.27. The van der Waals surface area contributed by atoms with E-state index in [1.54, 1.807) is 25.1 Å². The zero-order valence-corrected chi connectivity index (χ0v) is 12.3. The number of nitrogens with one attached hydrogen (secondary N) is 1. The number of nitrogens with zero attached hydrogens (tertiary/aromatic N) is 1. The summed E-state index contributed by atoms with van der Waals surface area (Å²) in [5, 5.41) is 4.03. The number of carbonyl (C=O) groups excluding carboxylic acids is 1. The molecule has 114 valence electrons. The summed E-state index contributed by atoms with van der Waals surface area (Å²) in [7, 11) is 0. The van der Waals surface area contributed by atoms with Gasteiger partial charge in [-0.05, 0) is 38.1 Å². The van der Waals surface area contributed by atoms with Gasteiger partial charge in [0.15, 0.2) is 11.5 Å². The van der Waals surface area contributed by atoms with Gasteiger partial charge in [0.2, 0.25) is 6.10 Å². The summed E-state index contributed by atoms with van der Waals surface area (Å²) in [6.07, 6.45) is -0.732. The van der Waals surface area contributed by atoms with Crippen LogP contribution in [0.3, 0.4) is 0 Å².